The van der Waals surface area contributed by atoms with Crippen LogP contribution in [0, 0.1) is 16.0 Å². The minimum absolute atomic E-state index is 0.0196. The summed E-state index contributed by atoms with van der Waals surface area (Å²) in [6.45, 7) is 5.94. The molecule has 6 heteroatoms. The molecule has 2 N–H and O–H groups in total. The molecule has 1 aromatic carbocycles. The largest absolute Gasteiger partial charge is 0.398 e. The Morgan fingerprint density at radius 1 is 1.37 bits per heavy atom. The van der Waals surface area contributed by atoms with E-state index in [-0.39, 0.29) is 34.8 Å². The zero-order chi connectivity index (χ0) is 14.7. The molecular formula is C13H19N3O3. The molecule has 1 amide bonds. The van der Waals surface area contributed by atoms with Crippen molar-refractivity contribution in [3.63, 3.8) is 0 Å². The molecule has 0 bridgehead atoms. The summed E-state index contributed by atoms with van der Waals surface area (Å²) in [5, 5.41) is 10.7. The van der Waals surface area contributed by atoms with Gasteiger partial charge in [-0.15, -0.1) is 0 Å². The second-order valence-corrected chi connectivity index (χ2v) is 4.93. The standard InChI is InChI=1S/C13H19N3O3/c1-8(2)9(3)15(4)13(17)11-7-10(16(18)19)5-6-12(11)14/h5-9H,14H2,1-4H3. The summed E-state index contributed by atoms with van der Waals surface area (Å²) in [6, 6.07) is 3.92. The number of hydrogen-bond acceptors (Lipinski definition) is 4. The highest BCUT2D eigenvalue weighted by molar-refractivity contribution is 5.99. The van der Waals surface area contributed by atoms with E-state index in [4.69, 9.17) is 5.73 Å². The van der Waals surface area contributed by atoms with Crippen LogP contribution in [0.2, 0.25) is 0 Å². The van der Waals surface area contributed by atoms with Crippen LogP contribution in [0.25, 0.3) is 0 Å². The van der Waals surface area contributed by atoms with Crippen molar-refractivity contribution < 1.29 is 9.72 Å². The highest BCUT2D eigenvalue weighted by Gasteiger charge is 2.23. The van der Waals surface area contributed by atoms with Crippen LogP contribution >= 0.6 is 0 Å². The fourth-order valence-electron chi connectivity index (χ4n) is 1.67. The van der Waals surface area contributed by atoms with Crippen LogP contribution in [-0.4, -0.2) is 28.8 Å². The second-order valence-electron chi connectivity index (χ2n) is 4.93. The van der Waals surface area contributed by atoms with E-state index in [9.17, 15) is 14.9 Å². The first-order valence-electron chi connectivity index (χ1n) is 6.06. The summed E-state index contributed by atoms with van der Waals surface area (Å²) in [6.07, 6.45) is 0. The van der Waals surface area contributed by atoms with E-state index < -0.39 is 4.92 Å². The second kappa shape index (κ2) is 5.69. The average Bonchev–Trinajstić information content (AvgIpc) is 2.36. The van der Waals surface area contributed by atoms with Crippen molar-refractivity contribution >= 4 is 17.3 Å². The van der Waals surface area contributed by atoms with Gasteiger partial charge in [-0.3, -0.25) is 14.9 Å². The summed E-state index contributed by atoms with van der Waals surface area (Å²) < 4.78 is 0. The maximum atomic E-state index is 12.3. The van der Waals surface area contributed by atoms with Crippen molar-refractivity contribution in [3.05, 3.63) is 33.9 Å². The van der Waals surface area contributed by atoms with Gasteiger partial charge in [0.2, 0.25) is 0 Å². The van der Waals surface area contributed by atoms with Gasteiger partial charge >= 0.3 is 0 Å². The zero-order valence-electron chi connectivity index (χ0n) is 11.6. The number of nitrogen functional groups attached to an aromatic ring is 1. The molecule has 0 aromatic heterocycles. The maximum Gasteiger partial charge on any atom is 0.270 e. The van der Waals surface area contributed by atoms with E-state index in [1.807, 2.05) is 20.8 Å². The van der Waals surface area contributed by atoms with Crippen LogP contribution in [0.15, 0.2) is 18.2 Å². The van der Waals surface area contributed by atoms with E-state index in [0.29, 0.717) is 0 Å². The van der Waals surface area contributed by atoms with E-state index in [0.717, 1.165) is 0 Å². The van der Waals surface area contributed by atoms with E-state index in [2.05, 4.69) is 0 Å². The molecule has 1 rings (SSSR count). The van der Waals surface area contributed by atoms with Crippen molar-refractivity contribution in [1.29, 1.82) is 0 Å². The Morgan fingerprint density at radius 2 is 1.95 bits per heavy atom. The maximum absolute atomic E-state index is 12.3. The smallest absolute Gasteiger partial charge is 0.270 e. The van der Waals surface area contributed by atoms with Gasteiger partial charge in [0.25, 0.3) is 11.6 Å². The van der Waals surface area contributed by atoms with Gasteiger partial charge in [-0.1, -0.05) is 13.8 Å². The third kappa shape index (κ3) is 3.21. The van der Waals surface area contributed by atoms with Crippen LogP contribution in [0.3, 0.4) is 0 Å². The number of carbonyl (C=O) groups excluding carboxylic acids is 1. The Labute approximate surface area is 112 Å². The predicted octanol–water partition coefficient (Wildman–Crippen LogP) is 2.29. The number of carbonyl (C=O) groups is 1. The van der Waals surface area contributed by atoms with E-state index in [1.54, 1.807) is 11.9 Å². The third-order valence-electron chi connectivity index (χ3n) is 3.37. The van der Waals surface area contributed by atoms with Crippen LogP contribution < -0.4 is 5.73 Å². The third-order valence-corrected chi connectivity index (χ3v) is 3.37. The summed E-state index contributed by atoms with van der Waals surface area (Å²) in [7, 11) is 1.67. The average molecular weight is 265 g/mol. The topological polar surface area (TPSA) is 89.5 Å². The van der Waals surface area contributed by atoms with Crippen LogP contribution in [-0.2, 0) is 0 Å². The molecule has 0 aliphatic carbocycles. The molecule has 0 radical (unpaired) electrons. The molecule has 0 saturated carbocycles. The van der Waals surface area contributed by atoms with Crippen LogP contribution in [0.5, 0.6) is 0 Å². The lowest BCUT2D eigenvalue weighted by Crippen LogP contribution is -2.38. The van der Waals surface area contributed by atoms with E-state index in [1.165, 1.54) is 18.2 Å². The summed E-state index contributed by atoms with van der Waals surface area (Å²) in [5.74, 6) is -0.0173. The molecule has 0 spiro atoms. The number of amides is 1. The summed E-state index contributed by atoms with van der Waals surface area (Å²) in [4.78, 5) is 24.1. The Morgan fingerprint density at radius 3 is 2.42 bits per heavy atom. The lowest BCUT2D eigenvalue weighted by atomic mass is 10.0. The highest BCUT2D eigenvalue weighted by Crippen LogP contribution is 2.22. The number of benzene rings is 1. The number of anilines is 1. The predicted molar refractivity (Wildman–Crippen MR) is 73.9 cm³/mol. The Kier molecular flexibility index (Phi) is 4.47. The van der Waals surface area contributed by atoms with Gasteiger partial charge in [-0.05, 0) is 18.9 Å². The number of nitrogens with zero attached hydrogens (tertiary/aromatic N) is 2. The quantitative estimate of drug-likeness (QED) is 0.514. The van der Waals surface area contributed by atoms with E-state index >= 15 is 0 Å². The molecule has 1 unspecified atom stereocenters. The lowest BCUT2D eigenvalue weighted by molar-refractivity contribution is -0.384. The molecule has 1 atom stereocenters. The zero-order valence-corrected chi connectivity index (χ0v) is 11.6. The van der Waals surface area contributed by atoms with Crippen LogP contribution in [0.1, 0.15) is 31.1 Å². The first-order valence-corrected chi connectivity index (χ1v) is 6.06. The monoisotopic (exact) mass is 265 g/mol. The number of nitrogens with two attached hydrogens (primary N) is 1. The number of non-ortho nitro benzene ring substituents is 1. The fourth-order valence-corrected chi connectivity index (χ4v) is 1.67. The molecule has 0 saturated heterocycles. The molecule has 0 aliphatic heterocycles. The number of nitro benzene ring substituents is 1. The minimum Gasteiger partial charge on any atom is -0.398 e. The molecule has 1 aromatic rings. The molecule has 104 valence electrons. The fraction of sp³-hybridized carbons (Fsp3) is 0.462. The Balaban J connectivity index is 3.12. The van der Waals surface area contributed by atoms with Crippen molar-refractivity contribution in [2.45, 2.75) is 26.8 Å². The van der Waals surface area contributed by atoms with Crippen molar-refractivity contribution in [1.82, 2.24) is 4.90 Å². The minimum atomic E-state index is -0.540. The molecule has 0 heterocycles. The summed E-state index contributed by atoms with van der Waals surface area (Å²) >= 11 is 0. The first-order chi connectivity index (χ1) is 8.75. The normalized spacial score (nSPS) is 12.3. The molecule has 0 fully saturated rings. The summed E-state index contributed by atoms with van der Waals surface area (Å²) in [5.41, 5.74) is 6.02. The van der Waals surface area contributed by atoms with Crippen molar-refractivity contribution in [3.8, 4) is 0 Å². The molecule has 19 heavy (non-hydrogen) atoms. The van der Waals surface area contributed by atoms with Gasteiger partial charge in [0.1, 0.15) is 0 Å². The van der Waals surface area contributed by atoms with Gasteiger partial charge < -0.3 is 10.6 Å². The van der Waals surface area contributed by atoms with Crippen molar-refractivity contribution in [2.75, 3.05) is 12.8 Å². The van der Waals surface area contributed by atoms with Gasteiger partial charge in [-0.2, -0.15) is 0 Å². The van der Waals surface area contributed by atoms with Gasteiger partial charge in [0, 0.05) is 30.9 Å². The highest BCUT2D eigenvalue weighted by atomic mass is 16.6. The van der Waals surface area contributed by atoms with Gasteiger partial charge in [0.15, 0.2) is 0 Å². The first kappa shape index (κ1) is 14.9. The number of hydrogen-bond donors (Lipinski definition) is 1. The number of nitro groups is 1. The van der Waals surface area contributed by atoms with Crippen molar-refractivity contribution in [2.24, 2.45) is 5.92 Å². The number of rotatable bonds is 4. The molecule has 0 aliphatic rings. The SMILES string of the molecule is CC(C)C(C)N(C)C(=O)c1cc([N+](=O)[O-])ccc1N. The molecule has 6 nitrogen and oxygen atoms in total. The van der Waals surface area contributed by atoms with Crippen LogP contribution in [0.4, 0.5) is 11.4 Å². The Hall–Kier alpha value is -2.11. The lowest BCUT2D eigenvalue weighted by Gasteiger charge is -2.28. The Bertz CT molecular complexity index is 500. The van der Waals surface area contributed by atoms with Gasteiger partial charge in [-0.25, -0.2) is 0 Å². The molecular weight excluding hydrogens is 246 g/mol. The van der Waals surface area contributed by atoms with Gasteiger partial charge in [0.05, 0.1) is 10.5 Å².